The SMILES string of the molecule is COc1ccc(C(=O)NC2CCN(CC(=O)N3CCCC(C)C3)CC2)cc1. The van der Waals surface area contributed by atoms with Crippen molar-refractivity contribution in [2.24, 2.45) is 5.92 Å². The van der Waals surface area contributed by atoms with Gasteiger partial charge in [-0.2, -0.15) is 0 Å². The average Bonchev–Trinajstić information content (AvgIpc) is 2.69. The van der Waals surface area contributed by atoms with E-state index in [1.807, 2.05) is 4.90 Å². The predicted molar refractivity (Wildman–Crippen MR) is 105 cm³/mol. The van der Waals surface area contributed by atoms with Crippen molar-refractivity contribution >= 4 is 11.8 Å². The lowest BCUT2D eigenvalue weighted by Crippen LogP contribution is -2.49. The minimum absolute atomic E-state index is 0.0468. The van der Waals surface area contributed by atoms with Crippen molar-refractivity contribution in [2.45, 2.75) is 38.6 Å². The van der Waals surface area contributed by atoms with Crippen LogP contribution in [0.5, 0.6) is 5.75 Å². The first-order valence-corrected chi connectivity index (χ1v) is 10.00. The highest BCUT2D eigenvalue weighted by molar-refractivity contribution is 5.94. The maximum absolute atomic E-state index is 12.5. The number of nitrogens with zero attached hydrogens (tertiary/aromatic N) is 2. The Bertz CT molecular complexity index is 639. The Morgan fingerprint density at radius 1 is 1.11 bits per heavy atom. The molecule has 2 amide bonds. The Hall–Kier alpha value is -2.08. The molecule has 0 bridgehead atoms. The van der Waals surface area contributed by atoms with Crippen LogP contribution in [0.15, 0.2) is 24.3 Å². The first-order chi connectivity index (χ1) is 13.0. The summed E-state index contributed by atoms with van der Waals surface area (Å²) in [6.07, 6.45) is 4.10. The van der Waals surface area contributed by atoms with Crippen LogP contribution in [-0.4, -0.2) is 67.5 Å². The van der Waals surface area contributed by atoms with Crippen molar-refractivity contribution in [3.05, 3.63) is 29.8 Å². The van der Waals surface area contributed by atoms with Crippen LogP contribution in [0.25, 0.3) is 0 Å². The van der Waals surface area contributed by atoms with Gasteiger partial charge in [0.05, 0.1) is 13.7 Å². The zero-order chi connectivity index (χ0) is 19.2. The van der Waals surface area contributed by atoms with E-state index in [0.717, 1.165) is 51.2 Å². The second kappa shape index (κ2) is 9.22. The normalized spacial score (nSPS) is 21.7. The van der Waals surface area contributed by atoms with Gasteiger partial charge in [0.2, 0.25) is 5.91 Å². The number of rotatable bonds is 5. The van der Waals surface area contributed by atoms with Crippen LogP contribution in [0.4, 0.5) is 0 Å². The van der Waals surface area contributed by atoms with Gasteiger partial charge in [-0.25, -0.2) is 0 Å². The fourth-order valence-corrected chi connectivity index (χ4v) is 3.95. The fraction of sp³-hybridized carbons (Fsp3) is 0.619. The van der Waals surface area contributed by atoms with E-state index in [1.54, 1.807) is 31.4 Å². The molecule has 0 spiro atoms. The van der Waals surface area contributed by atoms with E-state index >= 15 is 0 Å². The average molecular weight is 373 g/mol. The molecular formula is C21H31N3O3. The largest absolute Gasteiger partial charge is 0.497 e. The first kappa shape index (κ1) is 19.7. The second-order valence-corrected chi connectivity index (χ2v) is 7.84. The molecule has 3 rings (SSSR count). The highest BCUT2D eigenvalue weighted by Gasteiger charge is 2.26. The number of hydrogen-bond donors (Lipinski definition) is 1. The lowest BCUT2D eigenvalue weighted by Gasteiger charge is -2.35. The Kier molecular flexibility index (Phi) is 6.72. The molecule has 1 unspecified atom stereocenters. The van der Waals surface area contributed by atoms with Gasteiger partial charge in [0.1, 0.15) is 5.75 Å². The van der Waals surface area contributed by atoms with Crippen molar-refractivity contribution in [3.63, 3.8) is 0 Å². The molecule has 1 aromatic rings. The standard InChI is InChI=1S/C21H31N3O3/c1-16-4-3-11-24(14-16)20(25)15-23-12-9-18(10-13-23)22-21(26)17-5-7-19(27-2)8-6-17/h5-8,16,18H,3-4,9-15H2,1-2H3,(H,22,26). The Labute approximate surface area is 161 Å². The topological polar surface area (TPSA) is 61.9 Å². The molecule has 1 N–H and O–H groups in total. The molecular weight excluding hydrogens is 342 g/mol. The van der Waals surface area contributed by atoms with Crippen molar-refractivity contribution in [1.29, 1.82) is 0 Å². The van der Waals surface area contributed by atoms with Crippen LogP contribution >= 0.6 is 0 Å². The van der Waals surface area contributed by atoms with Gasteiger partial charge in [-0.3, -0.25) is 14.5 Å². The van der Waals surface area contributed by atoms with E-state index in [0.29, 0.717) is 18.0 Å². The van der Waals surface area contributed by atoms with Gasteiger partial charge in [-0.1, -0.05) is 6.92 Å². The molecule has 0 aromatic heterocycles. The predicted octanol–water partition coefficient (Wildman–Crippen LogP) is 2.15. The van der Waals surface area contributed by atoms with E-state index in [9.17, 15) is 9.59 Å². The Morgan fingerprint density at radius 3 is 2.44 bits per heavy atom. The number of methoxy groups -OCH3 is 1. The molecule has 27 heavy (non-hydrogen) atoms. The molecule has 1 atom stereocenters. The molecule has 148 valence electrons. The van der Waals surface area contributed by atoms with Gasteiger partial charge in [0.15, 0.2) is 0 Å². The lowest BCUT2D eigenvalue weighted by molar-refractivity contribution is -0.134. The van der Waals surface area contributed by atoms with Crippen LogP contribution in [0.3, 0.4) is 0 Å². The Morgan fingerprint density at radius 2 is 1.81 bits per heavy atom. The summed E-state index contributed by atoms with van der Waals surface area (Å²) in [6, 6.07) is 7.32. The van der Waals surface area contributed by atoms with E-state index in [4.69, 9.17) is 4.74 Å². The Balaban J connectivity index is 1.41. The van der Waals surface area contributed by atoms with Crippen molar-refractivity contribution in [1.82, 2.24) is 15.1 Å². The molecule has 1 aromatic carbocycles. The van der Waals surface area contributed by atoms with Crippen LogP contribution in [0.2, 0.25) is 0 Å². The summed E-state index contributed by atoms with van der Waals surface area (Å²) in [6.45, 7) is 6.22. The summed E-state index contributed by atoms with van der Waals surface area (Å²) in [4.78, 5) is 29.1. The van der Waals surface area contributed by atoms with Gasteiger partial charge in [-0.15, -0.1) is 0 Å². The number of likely N-dealkylation sites (tertiary alicyclic amines) is 2. The number of carbonyl (C=O) groups excluding carboxylic acids is 2. The van der Waals surface area contributed by atoms with Gasteiger partial charge >= 0.3 is 0 Å². The van der Waals surface area contributed by atoms with Crippen molar-refractivity contribution in [2.75, 3.05) is 39.8 Å². The number of ether oxygens (including phenoxy) is 1. The third-order valence-corrected chi connectivity index (χ3v) is 5.64. The van der Waals surface area contributed by atoms with Crippen molar-refractivity contribution < 1.29 is 14.3 Å². The van der Waals surface area contributed by atoms with Crippen molar-refractivity contribution in [3.8, 4) is 5.75 Å². The van der Waals surface area contributed by atoms with E-state index in [1.165, 1.54) is 6.42 Å². The minimum atomic E-state index is -0.0468. The molecule has 6 nitrogen and oxygen atoms in total. The molecule has 2 heterocycles. The third kappa shape index (κ3) is 5.45. The summed E-state index contributed by atoms with van der Waals surface area (Å²) in [5.41, 5.74) is 0.646. The third-order valence-electron chi connectivity index (χ3n) is 5.64. The summed E-state index contributed by atoms with van der Waals surface area (Å²) in [7, 11) is 1.61. The molecule has 0 saturated carbocycles. The number of piperidine rings is 2. The van der Waals surface area contributed by atoms with Gasteiger partial charge in [0.25, 0.3) is 5.91 Å². The summed E-state index contributed by atoms with van der Waals surface area (Å²) < 4.78 is 5.12. The van der Waals surface area contributed by atoms with E-state index < -0.39 is 0 Å². The van der Waals surface area contributed by atoms with E-state index in [-0.39, 0.29) is 17.9 Å². The number of carbonyl (C=O) groups is 2. The zero-order valence-electron chi connectivity index (χ0n) is 16.4. The fourth-order valence-electron chi connectivity index (χ4n) is 3.95. The summed E-state index contributed by atoms with van der Waals surface area (Å²) >= 11 is 0. The molecule has 2 aliphatic heterocycles. The molecule has 6 heteroatoms. The molecule has 2 saturated heterocycles. The number of benzene rings is 1. The monoisotopic (exact) mass is 373 g/mol. The smallest absolute Gasteiger partial charge is 0.251 e. The van der Waals surface area contributed by atoms with Crippen LogP contribution < -0.4 is 10.1 Å². The maximum Gasteiger partial charge on any atom is 0.251 e. The van der Waals surface area contributed by atoms with Crippen LogP contribution in [0.1, 0.15) is 43.0 Å². The number of nitrogens with one attached hydrogen (secondary N) is 1. The highest BCUT2D eigenvalue weighted by atomic mass is 16.5. The zero-order valence-corrected chi connectivity index (χ0v) is 16.4. The minimum Gasteiger partial charge on any atom is -0.497 e. The number of amides is 2. The molecule has 0 aliphatic carbocycles. The lowest BCUT2D eigenvalue weighted by atomic mass is 10.00. The van der Waals surface area contributed by atoms with E-state index in [2.05, 4.69) is 17.1 Å². The quantitative estimate of drug-likeness (QED) is 0.859. The molecule has 2 aliphatic rings. The highest BCUT2D eigenvalue weighted by Crippen LogP contribution is 2.17. The van der Waals surface area contributed by atoms with Gasteiger partial charge in [0, 0.05) is 37.8 Å². The maximum atomic E-state index is 12.5. The molecule has 0 radical (unpaired) electrons. The molecule has 2 fully saturated rings. The number of hydrogen-bond acceptors (Lipinski definition) is 4. The van der Waals surface area contributed by atoms with Gasteiger partial charge in [-0.05, 0) is 55.9 Å². The van der Waals surface area contributed by atoms with Crippen LogP contribution in [0, 0.1) is 5.92 Å². The van der Waals surface area contributed by atoms with Crippen LogP contribution in [-0.2, 0) is 4.79 Å². The summed E-state index contributed by atoms with van der Waals surface area (Å²) in [5.74, 6) is 1.56. The second-order valence-electron chi connectivity index (χ2n) is 7.84. The van der Waals surface area contributed by atoms with Gasteiger partial charge < -0.3 is 15.0 Å². The first-order valence-electron chi connectivity index (χ1n) is 10.00. The summed E-state index contributed by atoms with van der Waals surface area (Å²) in [5, 5.41) is 3.11.